The number of hydrogen-bond acceptors (Lipinski definition) is 4. The zero-order valence-corrected chi connectivity index (χ0v) is 24.2. The summed E-state index contributed by atoms with van der Waals surface area (Å²) in [6.07, 6.45) is -3.41. The quantitative estimate of drug-likeness (QED) is 0.232. The predicted molar refractivity (Wildman–Crippen MR) is 156 cm³/mol. The molecule has 1 unspecified atom stereocenters. The molecule has 0 saturated carbocycles. The van der Waals surface area contributed by atoms with E-state index in [1.54, 1.807) is 0 Å². The molecule has 41 heavy (non-hydrogen) atoms. The Kier molecular flexibility index (Phi) is 9.29. The van der Waals surface area contributed by atoms with Crippen molar-refractivity contribution in [1.29, 1.82) is 5.41 Å². The van der Waals surface area contributed by atoms with Gasteiger partial charge in [0.05, 0.1) is 24.8 Å². The molecule has 10 heteroatoms. The van der Waals surface area contributed by atoms with Crippen LogP contribution in [-0.2, 0) is 6.42 Å². The second-order valence-electron chi connectivity index (χ2n) is 11.6. The first kappa shape index (κ1) is 30.8. The van der Waals surface area contributed by atoms with Gasteiger partial charge in [-0.3, -0.25) is 15.3 Å². The molecule has 220 valence electrons. The number of carbonyl (C=O) groups is 1. The third-order valence-corrected chi connectivity index (χ3v) is 7.98. The number of aliphatic imine (C=N–C) groups is 1. The van der Waals surface area contributed by atoms with E-state index in [-0.39, 0.29) is 23.6 Å². The number of carbonyl (C=O) groups excluding carboxylic acids is 1. The molecule has 0 radical (unpaired) electrons. The second kappa shape index (κ2) is 12.4. The highest BCUT2D eigenvalue weighted by atomic mass is 35.5. The third kappa shape index (κ3) is 7.77. The van der Waals surface area contributed by atoms with Crippen LogP contribution in [0.2, 0.25) is 5.02 Å². The van der Waals surface area contributed by atoms with Crippen molar-refractivity contribution in [2.75, 3.05) is 13.1 Å². The Morgan fingerprint density at radius 1 is 1.24 bits per heavy atom. The molecular weight excluding hydrogens is 553 g/mol. The van der Waals surface area contributed by atoms with Crippen LogP contribution in [0.3, 0.4) is 0 Å². The van der Waals surface area contributed by atoms with Crippen molar-refractivity contribution >= 4 is 29.2 Å². The number of amides is 2. The number of alkyl halides is 3. The molecule has 2 amide bonds. The van der Waals surface area contributed by atoms with Crippen LogP contribution >= 0.6 is 11.6 Å². The minimum absolute atomic E-state index is 0.0194. The van der Waals surface area contributed by atoms with Crippen LogP contribution in [0.1, 0.15) is 56.2 Å². The normalized spacial score (nSPS) is 18.9. The zero-order valence-electron chi connectivity index (χ0n) is 23.5. The van der Waals surface area contributed by atoms with Gasteiger partial charge in [-0.25, -0.2) is 4.79 Å². The number of aryl methyl sites for hydroxylation is 2. The van der Waals surface area contributed by atoms with E-state index in [1.165, 1.54) is 41.0 Å². The molecule has 3 N–H and O–H groups in total. The number of halogens is 4. The maximum atomic E-state index is 13.2. The molecule has 6 nitrogen and oxygen atoms in total. The van der Waals surface area contributed by atoms with Gasteiger partial charge in [-0.15, -0.1) is 0 Å². The highest BCUT2D eigenvalue weighted by Gasteiger charge is 2.41. The summed E-state index contributed by atoms with van der Waals surface area (Å²) >= 11 is 5.90. The van der Waals surface area contributed by atoms with Crippen LogP contribution in [-0.4, -0.2) is 59.0 Å². The number of aliphatic hydroxyl groups is 1. The fourth-order valence-corrected chi connectivity index (χ4v) is 5.59. The Balaban J connectivity index is 1.52. The SMILES string of the molecule is Cc1cccc(CCC2N=C(CNC(=O)N(C[C@H](O)C(F)(F)F)C(=N)c3ccc(Cl)cc3)C3=C2CC(C)(C)CC3)c1. The molecular formula is C31H36ClF3N4O2. The van der Waals surface area contributed by atoms with E-state index in [1.807, 2.05) is 6.07 Å². The lowest BCUT2D eigenvalue weighted by Gasteiger charge is -2.33. The lowest BCUT2D eigenvalue weighted by molar-refractivity contribution is -0.204. The lowest BCUT2D eigenvalue weighted by Crippen LogP contribution is -2.51. The summed E-state index contributed by atoms with van der Waals surface area (Å²) < 4.78 is 39.6. The molecule has 1 heterocycles. The molecule has 2 aromatic rings. The van der Waals surface area contributed by atoms with E-state index < -0.39 is 30.7 Å². The Labute approximate surface area is 243 Å². The van der Waals surface area contributed by atoms with Gasteiger partial charge in [0.1, 0.15) is 5.84 Å². The van der Waals surface area contributed by atoms with Gasteiger partial charge in [-0.05, 0) is 85.4 Å². The zero-order chi connectivity index (χ0) is 29.9. The summed E-state index contributed by atoms with van der Waals surface area (Å²) in [5, 5.41) is 21.2. The smallest absolute Gasteiger partial charge is 0.382 e. The number of nitrogens with one attached hydrogen (secondary N) is 2. The molecule has 1 aliphatic heterocycles. The molecule has 0 bridgehead atoms. The van der Waals surface area contributed by atoms with E-state index in [0.29, 0.717) is 9.92 Å². The van der Waals surface area contributed by atoms with Gasteiger partial charge in [-0.1, -0.05) is 55.3 Å². The molecule has 4 rings (SSSR count). The summed E-state index contributed by atoms with van der Waals surface area (Å²) in [5.74, 6) is -0.480. The van der Waals surface area contributed by atoms with Gasteiger partial charge in [0.2, 0.25) is 0 Å². The molecule has 2 aliphatic rings. The lowest BCUT2D eigenvalue weighted by atomic mass is 9.72. The van der Waals surface area contributed by atoms with Crippen molar-refractivity contribution in [3.8, 4) is 0 Å². The predicted octanol–water partition coefficient (Wildman–Crippen LogP) is 6.87. The molecule has 0 fully saturated rings. The van der Waals surface area contributed by atoms with E-state index in [4.69, 9.17) is 22.0 Å². The second-order valence-corrected chi connectivity index (χ2v) is 12.1. The topological polar surface area (TPSA) is 88.8 Å². The van der Waals surface area contributed by atoms with Gasteiger partial charge < -0.3 is 10.4 Å². The van der Waals surface area contributed by atoms with Crippen LogP contribution < -0.4 is 5.32 Å². The van der Waals surface area contributed by atoms with Gasteiger partial charge in [0.15, 0.2) is 6.10 Å². The number of amidine groups is 1. The van der Waals surface area contributed by atoms with E-state index in [9.17, 15) is 23.1 Å². The van der Waals surface area contributed by atoms with Crippen LogP contribution in [0.4, 0.5) is 18.0 Å². The maximum absolute atomic E-state index is 13.2. The first-order chi connectivity index (χ1) is 19.2. The van der Waals surface area contributed by atoms with Gasteiger partial charge in [-0.2, -0.15) is 13.2 Å². The first-order valence-electron chi connectivity index (χ1n) is 13.7. The fraction of sp³-hybridized carbons (Fsp3) is 0.452. The largest absolute Gasteiger partial charge is 0.416 e. The Morgan fingerprint density at radius 2 is 1.95 bits per heavy atom. The highest BCUT2D eigenvalue weighted by molar-refractivity contribution is 6.30. The van der Waals surface area contributed by atoms with E-state index in [2.05, 4.69) is 44.3 Å². The van der Waals surface area contributed by atoms with Crippen LogP contribution in [0.15, 0.2) is 64.7 Å². The molecule has 1 aliphatic carbocycles. The molecule has 0 saturated heterocycles. The standard InChI is InChI=1S/C31H36ClF3N4O2/c1-19-5-4-6-20(15-19)7-12-25-24-16-30(2,3)14-13-23(24)26(38-25)17-37-29(41)39(18-27(40)31(33,34)35)28(36)21-8-10-22(32)11-9-21/h4-6,8-11,15,25,27,36,40H,7,12-14,16-18H2,1-3H3,(H,37,41)/t25?,27-/m0/s1. The fourth-order valence-electron chi connectivity index (χ4n) is 5.46. The minimum Gasteiger partial charge on any atom is -0.382 e. The van der Waals surface area contributed by atoms with Gasteiger partial charge >= 0.3 is 12.2 Å². The van der Waals surface area contributed by atoms with Crippen molar-refractivity contribution < 1.29 is 23.1 Å². The summed E-state index contributed by atoms with van der Waals surface area (Å²) in [7, 11) is 0. The Morgan fingerprint density at radius 3 is 2.61 bits per heavy atom. The van der Waals surface area contributed by atoms with Crippen molar-refractivity contribution in [1.82, 2.24) is 10.2 Å². The summed E-state index contributed by atoms with van der Waals surface area (Å²) in [6.45, 7) is 5.43. The molecule has 0 aromatic heterocycles. The van der Waals surface area contributed by atoms with E-state index >= 15 is 0 Å². The number of benzene rings is 2. The number of nitrogens with zero attached hydrogens (tertiary/aromatic N) is 2. The molecule has 0 spiro atoms. The molecule has 2 aromatic carbocycles. The van der Waals surface area contributed by atoms with Crippen molar-refractivity contribution in [3.05, 3.63) is 81.4 Å². The monoisotopic (exact) mass is 588 g/mol. The van der Waals surface area contributed by atoms with Crippen LogP contribution in [0.25, 0.3) is 0 Å². The Bertz CT molecular complexity index is 1350. The number of aliphatic hydroxyl groups excluding tert-OH is 1. The highest BCUT2D eigenvalue weighted by Crippen LogP contribution is 2.44. The average molecular weight is 589 g/mol. The number of rotatable bonds is 8. The Hall–Kier alpha value is -3.17. The number of hydrogen-bond donors (Lipinski definition) is 3. The van der Waals surface area contributed by atoms with Gasteiger partial charge in [0, 0.05) is 10.6 Å². The van der Waals surface area contributed by atoms with Crippen LogP contribution in [0.5, 0.6) is 0 Å². The maximum Gasteiger partial charge on any atom is 0.416 e. The van der Waals surface area contributed by atoms with Crippen molar-refractivity contribution in [2.45, 2.75) is 71.2 Å². The molecule has 2 atom stereocenters. The number of urea groups is 1. The van der Waals surface area contributed by atoms with Crippen molar-refractivity contribution in [3.63, 3.8) is 0 Å². The first-order valence-corrected chi connectivity index (χ1v) is 14.1. The average Bonchev–Trinajstić information content (AvgIpc) is 3.24. The van der Waals surface area contributed by atoms with E-state index in [0.717, 1.165) is 43.4 Å². The minimum atomic E-state index is -4.95. The summed E-state index contributed by atoms with van der Waals surface area (Å²) in [6, 6.07) is 13.3. The summed E-state index contributed by atoms with van der Waals surface area (Å²) in [4.78, 5) is 18.8. The van der Waals surface area contributed by atoms with Crippen LogP contribution in [0, 0.1) is 17.7 Å². The van der Waals surface area contributed by atoms with Crippen molar-refractivity contribution in [2.24, 2.45) is 10.4 Å². The summed E-state index contributed by atoms with van der Waals surface area (Å²) in [5.41, 5.74) is 5.88. The van der Waals surface area contributed by atoms with Gasteiger partial charge in [0.25, 0.3) is 0 Å². The third-order valence-electron chi connectivity index (χ3n) is 7.73.